The lowest BCUT2D eigenvalue weighted by atomic mass is 10.1. The molecule has 4 nitrogen and oxygen atoms in total. The molecule has 0 unspecified atom stereocenters. The number of hydrogen-bond acceptors (Lipinski definition) is 4. The average Bonchev–Trinajstić information content (AvgIpc) is 2.73. The van der Waals surface area contributed by atoms with Crippen LogP contribution in [0.5, 0.6) is 11.5 Å². The maximum absolute atomic E-state index is 12.2. The van der Waals surface area contributed by atoms with Gasteiger partial charge in [0.15, 0.2) is 11.5 Å². The van der Waals surface area contributed by atoms with Crippen molar-refractivity contribution in [2.24, 2.45) is 0 Å². The highest BCUT2D eigenvalue weighted by Gasteiger charge is 2.12. The number of benzene rings is 3. The van der Waals surface area contributed by atoms with Gasteiger partial charge < -0.3 is 14.8 Å². The Hall–Kier alpha value is -2.92. The van der Waals surface area contributed by atoms with E-state index < -0.39 is 0 Å². The van der Waals surface area contributed by atoms with Crippen LogP contribution in [0.4, 0.5) is 5.69 Å². The van der Waals surface area contributed by atoms with Crippen molar-refractivity contribution in [1.82, 2.24) is 0 Å². The number of fused-ring (bicyclic) bond motifs is 1. The van der Waals surface area contributed by atoms with Gasteiger partial charge in [0.1, 0.15) is 13.2 Å². The van der Waals surface area contributed by atoms with Crippen LogP contribution in [-0.4, -0.2) is 24.9 Å². The molecule has 1 aliphatic rings. The molecule has 4 rings (SSSR count). The van der Waals surface area contributed by atoms with E-state index in [9.17, 15) is 4.79 Å². The molecule has 27 heavy (non-hydrogen) atoms. The van der Waals surface area contributed by atoms with Crippen LogP contribution in [0.15, 0.2) is 77.7 Å². The normalized spacial score (nSPS) is 12.4. The fourth-order valence-electron chi connectivity index (χ4n) is 2.84. The van der Waals surface area contributed by atoms with Crippen LogP contribution < -0.4 is 14.8 Å². The van der Waals surface area contributed by atoms with Crippen molar-refractivity contribution in [3.8, 4) is 22.6 Å². The fourth-order valence-corrected chi connectivity index (χ4v) is 3.56. The molecule has 0 fully saturated rings. The Bertz CT molecular complexity index is 926. The Morgan fingerprint density at radius 3 is 2.33 bits per heavy atom. The monoisotopic (exact) mass is 377 g/mol. The third-order valence-corrected chi connectivity index (χ3v) is 5.15. The fraction of sp³-hybridized carbons (Fsp3) is 0.136. The molecule has 1 amide bonds. The van der Waals surface area contributed by atoms with E-state index in [-0.39, 0.29) is 5.91 Å². The van der Waals surface area contributed by atoms with Crippen LogP contribution in [0.1, 0.15) is 0 Å². The second-order valence-corrected chi connectivity index (χ2v) is 7.13. The molecule has 136 valence electrons. The van der Waals surface area contributed by atoms with E-state index in [1.54, 1.807) is 0 Å². The third kappa shape index (κ3) is 4.44. The van der Waals surface area contributed by atoms with Crippen LogP contribution >= 0.6 is 11.8 Å². The molecule has 0 aliphatic carbocycles. The molecule has 1 heterocycles. The molecule has 0 bridgehead atoms. The molecule has 0 atom stereocenters. The summed E-state index contributed by atoms with van der Waals surface area (Å²) in [5.41, 5.74) is 3.08. The molecule has 1 aliphatic heterocycles. The number of carbonyl (C=O) groups excluding carboxylic acids is 1. The van der Waals surface area contributed by atoms with Gasteiger partial charge in [0.2, 0.25) is 5.91 Å². The zero-order valence-electron chi connectivity index (χ0n) is 14.7. The van der Waals surface area contributed by atoms with Crippen molar-refractivity contribution in [1.29, 1.82) is 0 Å². The Labute approximate surface area is 162 Å². The molecule has 3 aromatic rings. The molecule has 0 spiro atoms. The minimum Gasteiger partial charge on any atom is -0.486 e. The molecule has 0 saturated carbocycles. The number of amides is 1. The Balaban J connectivity index is 1.33. The highest BCUT2D eigenvalue weighted by Crippen LogP contribution is 2.34. The van der Waals surface area contributed by atoms with E-state index in [1.165, 1.54) is 11.8 Å². The second kappa shape index (κ2) is 8.18. The highest BCUT2D eigenvalue weighted by molar-refractivity contribution is 8.00. The van der Waals surface area contributed by atoms with Gasteiger partial charge in [0, 0.05) is 10.6 Å². The first kappa shape index (κ1) is 17.5. The summed E-state index contributed by atoms with van der Waals surface area (Å²) in [6.45, 7) is 1.13. The van der Waals surface area contributed by atoms with Gasteiger partial charge >= 0.3 is 0 Å². The van der Waals surface area contributed by atoms with Gasteiger partial charge in [-0.05, 0) is 41.5 Å². The Morgan fingerprint density at radius 2 is 1.56 bits per heavy atom. The maximum atomic E-state index is 12.2. The van der Waals surface area contributed by atoms with Gasteiger partial charge in [0.25, 0.3) is 0 Å². The summed E-state index contributed by atoms with van der Waals surface area (Å²) >= 11 is 1.47. The SMILES string of the molecule is O=C(CSc1ccc2c(c1)OCCO2)Nc1ccc(-c2ccccc2)cc1. The number of thioether (sulfide) groups is 1. The van der Waals surface area contributed by atoms with Crippen molar-refractivity contribution in [2.45, 2.75) is 4.90 Å². The summed E-state index contributed by atoms with van der Waals surface area (Å²) in [5, 5.41) is 2.94. The van der Waals surface area contributed by atoms with Crippen LogP contribution in [-0.2, 0) is 4.79 Å². The summed E-state index contributed by atoms with van der Waals surface area (Å²) in [6, 6.07) is 23.8. The summed E-state index contributed by atoms with van der Waals surface area (Å²) in [4.78, 5) is 13.2. The van der Waals surface area contributed by atoms with Gasteiger partial charge in [-0.15, -0.1) is 11.8 Å². The first-order valence-corrected chi connectivity index (χ1v) is 9.74. The first-order valence-electron chi connectivity index (χ1n) is 8.76. The lowest BCUT2D eigenvalue weighted by Gasteiger charge is -2.18. The minimum atomic E-state index is -0.0395. The van der Waals surface area contributed by atoms with E-state index >= 15 is 0 Å². The average molecular weight is 377 g/mol. The van der Waals surface area contributed by atoms with Crippen LogP contribution in [0.2, 0.25) is 0 Å². The topological polar surface area (TPSA) is 47.6 Å². The summed E-state index contributed by atoms with van der Waals surface area (Å²) < 4.78 is 11.1. The van der Waals surface area contributed by atoms with Crippen LogP contribution in [0, 0.1) is 0 Å². The Morgan fingerprint density at radius 1 is 0.852 bits per heavy atom. The molecule has 0 saturated heterocycles. The van der Waals surface area contributed by atoms with Crippen LogP contribution in [0.25, 0.3) is 11.1 Å². The predicted octanol–water partition coefficient (Wildman–Crippen LogP) is 4.86. The summed E-state index contributed by atoms with van der Waals surface area (Å²) in [6.07, 6.45) is 0. The minimum absolute atomic E-state index is 0.0395. The molecule has 1 N–H and O–H groups in total. The highest BCUT2D eigenvalue weighted by atomic mass is 32.2. The van der Waals surface area contributed by atoms with Gasteiger partial charge in [-0.3, -0.25) is 4.79 Å². The Kier molecular flexibility index (Phi) is 5.30. The predicted molar refractivity (Wildman–Crippen MR) is 109 cm³/mol. The van der Waals surface area contributed by atoms with Gasteiger partial charge in [0.05, 0.1) is 5.75 Å². The van der Waals surface area contributed by atoms with E-state index in [2.05, 4.69) is 17.4 Å². The molecular formula is C22H19NO3S. The van der Waals surface area contributed by atoms with Crippen molar-refractivity contribution in [3.05, 3.63) is 72.8 Å². The third-order valence-electron chi connectivity index (χ3n) is 4.16. The maximum Gasteiger partial charge on any atom is 0.234 e. The number of hydrogen-bond donors (Lipinski definition) is 1. The number of nitrogens with one attached hydrogen (secondary N) is 1. The van der Waals surface area contributed by atoms with Gasteiger partial charge in [-0.1, -0.05) is 42.5 Å². The quantitative estimate of drug-likeness (QED) is 0.646. The van der Waals surface area contributed by atoms with Crippen molar-refractivity contribution < 1.29 is 14.3 Å². The standard InChI is InChI=1S/C22H19NO3S/c24-22(15-27-19-10-11-20-21(14-19)26-13-12-25-20)23-18-8-6-17(7-9-18)16-4-2-1-3-5-16/h1-11,14H,12-13,15H2,(H,23,24). The van der Waals surface area contributed by atoms with E-state index in [0.717, 1.165) is 33.2 Å². The molecule has 0 aromatic heterocycles. The second-order valence-electron chi connectivity index (χ2n) is 6.09. The van der Waals surface area contributed by atoms with E-state index in [4.69, 9.17) is 9.47 Å². The van der Waals surface area contributed by atoms with Crippen molar-refractivity contribution in [2.75, 3.05) is 24.3 Å². The van der Waals surface area contributed by atoms with Gasteiger partial charge in [-0.25, -0.2) is 0 Å². The van der Waals surface area contributed by atoms with E-state index in [0.29, 0.717) is 19.0 Å². The molecule has 3 aromatic carbocycles. The number of anilines is 1. The van der Waals surface area contributed by atoms with E-state index in [1.807, 2.05) is 60.7 Å². The summed E-state index contributed by atoms with van der Waals surface area (Å²) in [7, 11) is 0. The number of ether oxygens (including phenoxy) is 2. The van der Waals surface area contributed by atoms with Crippen molar-refractivity contribution >= 4 is 23.4 Å². The van der Waals surface area contributed by atoms with Crippen LogP contribution in [0.3, 0.4) is 0 Å². The largest absolute Gasteiger partial charge is 0.486 e. The molecule has 0 radical (unpaired) electrons. The zero-order valence-corrected chi connectivity index (χ0v) is 15.5. The first-order chi connectivity index (χ1) is 13.3. The lowest BCUT2D eigenvalue weighted by molar-refractivity contribution is -0.113. The lowest BCUT2D eigenvalue weighted by Crippen LogP contribution is -2.15. The van der Waals surface area contributed by atoms with Gasteiger partial charge in [-0.2, -0.15) is 0 Å². The molecular weight excluding hydrogens is 358 g/mol. The van der Waals surface area contributed by atoms with Crippen molar-refractivity contribution in [3.63, 3.8) is 0 Å². The zero-order chi connectivity index (χ0) is 18.5. The summed E-state index contributed by atoms with van der Waals surface area (Å²) in [5.74, 6) is 1.79. The number of carbonyl (C=O) groups is 1. The smallest absolute Gasteiger partial charge is 0.234 e. The molecule has 5 heteroatoms. The number of rotatable bonds is 5.